The van der Waals surface area contributed by atoms with Crippen molar-refractivity contribution in [1.82, 2.24) is 9.97 Å². The summed E-state index contributed by atoms with van der Waals surface area (Å²) in [5.74, 6) is 2.47. The molecule has 3 rings (SSSR count). The molecular formula is C15H17N3S. The minimum atomic E-state index is 0.574. The van der Waals surface area contributed by atoms with Gasteiger partial charge in [-0.25, -0.2) is 9.97 Å². The number of nitrogens with one attached hydrogen (secondary N) is 1. The summed E-state index contributed by atoms with van der Waals surface area (Å²) in [6, 6.07) is 10.4. The van der Waals surface area contributed by atoms with E-state index in [1.165, 1.54) is 23.3 Å². The Balaban J connectivity index is 1.91. The quantitative estimate of drug-likeness (QED) is 0.857. The Morgan fingerprint density at radius 3 is 2.68 bits per heavy atom. The molecular weight excluding hydrogens is 254 g/mol. The molecule has 0 aliphatic heterocycles. The zero-order valence-corrected chi connectivity index (χ0v) is 12.0. The lowest BCUT2D eigenvalue weighted by molar-refractivity contribution is 0.880. The molecule has 1 fully saturated rings. The van der Waals surface area contributed by atoms with Gasteiger partial charge in [0.1, 0.15) is 16.7 Å². The van der Waals surface area contributed by atoms with Crippen molar-refractivity contribution in [2.24, 2.45) is 0 Å². The third-order valence-electron chi connectivity index (χ3n) is 3.23. The second kappa shape index (κ2) is 5.21. The van der Waals surface area contributed by atoms with E-state index in [0.29, 0.717) is 5.92 Å². The van der Waals surface area contributed by atoms with Crippen molar-refractivity contribution < 1.29 is 0 Å². The molecule has 0 saturated heterocycles. The highest BCUT2D eigenvalue weighted by molar-refractivity contribution is 7.99. The van der Waals surface area contributed by atoms with Crippen LogP contribution >= 0.6 is 11.8 Å². The summed E-state index contributed by atoms with van der Waals surface area (Å²) in [5, 5.41) is 4.15. The molecule has 0 spiro atoms. The molecule has 0 amide bonds. The number of hydrogen-bond donors (Lipinski definition) is 1. The lowest BCUT2D eigenvalue weighted by Gasteiger charge is -2.08. The van der Waals surface area contributed by atoms with Gasteiger partial charge in [0.15, 0.2) is 0 Å². The third-order valence-corrected chi connectivity index (χ3v) is 4.32. The summed E-state index contributed by atoms with van der Waals surface area (Å²) < 4.78 is 0. The summed E-state index contributed by atoms with van der Waals surface area (Å²) in [4.78, 5) is 10.5. The second-order valence-electron chi connectivity index (χ2n) is 4.84. The van der Waals surface area contributed by atoms with Crippen LogP contribution in [0.25, 0.3) is 0 Å². The summed E-state index contributed by atoms with van der Waals surface area (Å²) >= 11 is 1.71. The highest BCUT2D eigenvalue weighted by Crippen LogP contribution is 2.40. The average Bonchev–Trinajstić information content (AvgIpc) is 3.25. The molecule has 1 aliphatic carbocycles. The van der Waals surface area contributed by atoms with Gasteiger partial charge < -0.3 is 5.32 Å². The first-order valence-corrected chi connectivity index (χ1v) is 7.38. The van der Waals surface area contributed by atoms with Crippen LogP contribution in [0.15, 0.2) is 40.3 Å². The van der Waals surface area contributed by atoms with Crippen molar-refractivity contribution in [3.63, 3.8) is 0 Å². The number of aryl methyl sites for hydroxylation is 1. The van der Waals surface area contributed by atoms with E-state index in [0.717, 1.165) is 16.7 Å². The van der Waals surface area contributed by atoms with Gasteiger partial charge in [-0.2, -0.15) is 0 Å². The highest BCUT2D eigenvalue weighted by Gasteiger charge is 2.27. The van der Waals surface area contributed by atoms with E-state index in [2.05, 4.69) is 41.5 Å². The Bertz CT molecular complexity index is 594. The minimum absolute atomic E-state index is 0.574. The van der Waals surface area contributed by atoms with E-state index in [9.17, 15) is 0 Å². The second-order valence-corrected chi connectivity index (χ2v) is 5.90. The highest BCUT2D eigenvalue weighted by atomic mass is 32.2. The first-order chi connectivity index (χ1) is 9.26. The van der Waals surface area contributed by atoms with Gasteiger partial charge >= 0.3 is 0 Å². The van der Waals surface area contributed by atoms with Crippen molar-refractivity contribution in [3.8, 4) is 0 Å². The van der Waals surface area contributed by atoms with Gasteiger partial charge in [-0.15, -0.1) is 0 Å². The smallest absolute Gasteiger partial charge is 0.135 e. The van der Waals surface area contributed by atoms with Crippen LogP contribution in [0.2, 0.25) is 0 Å². The molecule has 0 atom stereocenters. The van der Waals surface area contributed by atoms with Gasteiger partial charge in [0.05, 0.1) is 0 Å². The molecule has 1 N–H and O–H groups in total. The molecule has 3 nitrogen and oxygen atoms in total. The van der Waals surface area contributed by atoms with E-state index in [4.69, 9.17) is 4.98 Å². The van der Waals surface area contributed by atoms with E-state index in [1.807, 2.05) is 13.1 Å². The largest absolute Gasteiger partial charge is 0.373 e. The van der Waals surface area contributed by atoms with Crippen molar-refractivity contribution in [3.05, 3.63) is 41.7 Å². The van der Waals surface area contributed by atoms with Gasteiger partial charge in [0.2, 0.25) is 0 Å². The normalized spacial score (nSPS) is 14.4. The molecule has 1 heterocycles. The molecule has 0 radical (unpaired) electrons. The molecule has 1 aromatic carbocycles. The van der Waals surface area contributed by atoms with Crippen molar-refractivity contribution >= 4 is 17.6 Å². The Morgan fingerprint density at radius 2 is 2.00 bits per heavy atom. The SMILES string of the molecule is CNc1cc(Sc2ccccc2C)nc(C2CC2)n1. The maximum absolute atomic E-state index is 4.69. The Labute approximate surface area is 117 Å². The maximum Gasteiger partial charge on any atom is 0.135 e. The van der Waals surface area contributed by atoms with Crippen LogP contribution in [0.1, 0.15) is 30.1 Å². The lowest BCUT2D eigenvalue weighted by atomic mass is 10.2. The van der Waals surface area contributed by atoms with Crippen molar-refractivity contribution in [2.75, 3.05) is 12.4 Å². The van der Waals surface area contributed by atoms with E-state index in [1.54, 1.807) is 11.8 Å². The van der Waals surface area contributed by atoms with Crippen LogP contribution in [-0.4, -0.2) is 17.0 Å². The first-order valence-electron chi connectivity index (χ1n) is 6.56. The third kappa shape index (κ3) is 2.89. The van der Waals surface area contributed by atoms with E-state index >= 15 is 0 Å². The predicted octanol–water partition coefficient (Wildman–Crippen LogP) is 3.86. The zero-order chi connectivity index (χ0) is 13.2. The van der Waals surface area contributed by atoms with Gasteiger partial charge in [-0.05, 0) is 31.4 Å². The summed E-state index contributed by atoms with van der Waals surface area (Å²) in [6.45, 7) is 2.13. The van der Waals surface area contributed by atoms with Crippen molar-refractivity contribution in [1.29, 1.82) is 0 Å². The first kappa shape index (κ1) is 12.5. The molecule has 1 aromatic heterocycles. The van der Waals surface area contributed by atoms with Crippen LogP contribution in [-0.2, 0) is 0 Å². The van der Waals surface area contributed by atoms with Crippen LogP contribution in [0.3, 0.4) is 0 Å². The number of anilines is 1. The maximum atomic E-state index is 4.69. The van der Waals surface area contributed by atoms with Crippen molar-refractivity contribution in [2.45, 2.75) is 35.6 Å². The van der Waals surface area contributed by atoms with E-state index < -0.39 is 0 Å². The molecule has 4 heteroatoms. The summed E-state index contributed by atoms with van der Waals surface area (Å²) in [6.07, 6.45) is 2.45. The number of aromatic nitrogens is 2. The molecule has 19 heavy (non-hydrogen) atoms. The average molecular weight is 271 g/mol. The molecule has 2 aromatic rings. The molecule has 1 saturated carbocycles. The molecule has 98 valence electrons. The minimum Gasteiger partial charge on any atom is -0.373 e. The Hall–Kier alpha value is -1.55. The van der Waals surface area contributed by atoms with Gasteiger partial charge in [-0.1, -0.05) is 30.0 Å². The van der Waals surface area contributed by atoms with Gasteiger partial charge in [-0.3, -0.25) is 0 Å². The molecule has 0 unspecified atom stereocenters. The Morgan fingerprint density at radius 1 is 1.21 bits per heavy atom. The van der Waals surface area contributed by atoms with E-state index in [-0.39, 0.29) is 0 Å². The lowest BCUT2D eigenvalue weighted by Crippen LogP contribution is -2.00. The monoisotopic (exact) mass is 271 g/mol. The zero-order valence-electron chi connectivity index (χ0n) is 11.2. The molecule has 0 bridgehead atoms. The summed E-state index contributed by atoms with van der Waals surface area (Å²) in [7, 11) is 1.90. The Kier molecular flexibility index (Phi) is 3.42. The number of rotatable bonds is 4. The number of benzene rings is 1. The fourth-order valence-corrected chi connectivity index (χ4v) is 2.84. The van der Waals surface area contributed by atoms with Gasteiger partial charge in [0, 0.05) is 23.9 Å². The molecule has 1 aliphatic rings. The standard InChI is InChI=1S/C15H17N3S/c1-10-5-3-4-6-12(10)19-14-9-13(16-2)17-15(18-14)11-7-8-11/h3-6,9,11H,7-8H2,1-2H3,(H,16,17,18). The fraction of sp³-hybridized carbons (Fsp3) is 0.333. The predicted molar refractivity (Wildman–Crippen MR) is 78.9 cm³/mol. The van der Waals surface area contributed by atoms with Crippen LogP contribution in [0, 0.1) is 6.92 Å². The fourth-order valence-electron chi connectivity index (χ4n) is 1.93. The summed E-state index contributed by atoms with van der Waals surface area (Å²) in [5.41, 5.74) is 1.28. The van der Waals surface area contributed by atoms with Crippen LogP contribution in [0.5, 0.6) is 0 Å². The van der Waals surface area contributed by atoms with Crippen LogP contribution < -0.4 is 5.32 Å². The van der Waals surface area contributed by atoms with Gasteiger partial charge in [0.25, 0.3) is 0 Å². The topological polar surface area (TPSA) is 37.8 Å². The number of hydrogen-bond acceptors (Lipinski definition) is 4. The number of nitrogens with zero attached hydrogens (tertiary/aromatic N) is 2. The van der Waals surface area contributed by atoms with Crippen LogP contribution in [0.4, 0.5) is 5.82 Å².